The second-order valence-electron chi connectivity index (χ2n) is 5.11. The number of hydroxylamine groups is 1. The van der Waals surface area contributed by atoms with Gasteiger partial charge in [0.15, 0.2) is 0 Å². The molecular formula is C18H22ClNO3. The lowest BCUT2D eigenvalue weighted by Crippen LogP contribution is -3.00. The van der Waals surface area contributed by atoms with E-state index in [0.717, 1.165) is 11.1 Å². The summed E-state index contributed by atoms with van der Waals surface area (Å²) in [6, 6.07) is 19.9. The van der Waals surface area contributed by atoms with Gasteiger partial charge in [0.2, 0.25) is 0 Å². The molecule has 0 radical (unpaired) electrons. The van der Waals surface area contributed by atoms with Gasteiger partial charge in [-0.2, -0.15) is 0 Å². The number of carbonyl (C=O) groups excluding carboxylic acids is 1. The first kappa shape index (κ1) is 19.2. The van der Waals surface area contributed by atoms with Crippen molar-refractivity contribution in [2.24, 2.45) is 5.92 Å². The smallest absolute Gasteiger partial charge is 0.314 e. The standard InChI is InChI=1S/C18H21NO3.ClH/c1-21-18(20)17(12-15-8-4-2-5-9-15)13-19-22-14-16-10-6-3-7-11-16;/h2-11,17,19H,12-14H2,1H3;1H/t17-;/m0./s1. The lowest BCUT2D eigenvalue weighted by atomic mass is 10.00. The Morgan fingerprint density at radius 1 is 1.00 bits per heavy atom. The molecule has 2 aromatic rings. The average Bonchev–Trinajstić information content (AvgIpc) is 2.58. The van der Waals surface area contributed by atoms with Crippen molar-refractivity contribution < 1.29 is 32.3 Å². The van der Waals surface area contributed by atoms with Crippen LogP contribution in [0, 0.1) is 5.92 Å². The Hall–Kier alpha value is -1.88. The fourth-order valence-corrected chi connectivity index (χ4v) is 2.24. The Kier molecular flexibility index (Phi) is 8.98. The molecule has 0 fully saturated rings. The van der Waals surface area contributed by atoms with Crippen molar-refractivity contribution in [1.29, 1.82) is 0 Å². The van der Waals surface area contributed by atoms with Gasteiger partial charge in [-0.05, 0) is 17.5 Å². The highest BCUT2D eigenvalue weighted by molar-refractivity contribution is 5.72. The second-order valence-corrected chi connectivity index (χ2v) is 5.11. The van der Waals surface area contributed by atoms with Gasteiger partial charge in [-0.25, -0.2) is 10.3 Å². The zero-order valence-corrected chi connectivity index (χ0v) is 13.9. The molecule has 2 rings (SSSR count). The molecule has 0 saturated heterocycles. The number of benzene rings is 2. The maximum atomic E-state index is 11.9. The first-order valence-electron chi connectivity index (χ1n) is 7.38. The van der Waals surface area contributed by atoms with Gasteiger partial charge in [0.1, 0.15) is 19.1 Å². The molecule has 0 aliphatic carbocycles. The lowest BCUT2D eigenvalue weighted by molar-refractivity contribution is -0.902. The number of esters is 1. The fraction of sp³-hybridized carbons (Fsp3) is 0.278. The third-order valence-electron chi connectivity index (χ3n) is 3.45. The molecule has 0 bridgehead atoms. The molecule has 0 aliphatic rings. The van der Waals surface area contributed by atoms with Gasteiger partial charge in [-0.1, -0.05) is 60.7 Å². The van der Waals surface area contributed by atoms with Crippen molar-refractivity contribution >= 4 is 5.97 Å². The average molecular weight is 336 g/mol. The van der Waals surface area contributed by atoms with Crippen LogP contribution in [0.15, 0.2) is 60.7 Å². The number of hydrogen-bond acceptors (Lipinski definition) is 3. The van der Waals surface area contributed by atoms with E-state index >= 15 is 0 Å². The van der Waals surface area contributed by atoms with Crippen LogP contribution in [0.5, 0.6) is 0 Å². The third kappa shape index (κ3) is 6.82. The monoisotopic (exact) mass is 335 g/mol. The first-order chi connectivity index (χ1) is 10.8. The van der Waals surface area contributed by atoms with Crippen LogP contribution >= 0.6 is 0 Å². The highest BCUT2D eigenvalue weighted by Gasteiger charge is 2.22. The van der Waals surface area contributed by atoms with E-state index in [9.17, 15) is 4.79 Å². The van der Waals surface area contributed by atoms with Crippen LogP contribution in [0.2, 0.25) is 0 Å². The largest absolute Gasteiger partial charge is 1.00 e. The maximum absolute atomic E-state index is 11.9. The molecule has 23 heavy (non-hydrogen) atoms. The van der Waals surface area contributed by atoms with Crippen molar-refractivity contribution in [2.45, 2.75) is 13.0 Å². The van der Waals surface area contributed by atoms with Crippen LogP contribution in [0.25, 0.3) is 0 Å². The summed E-state index contributed by atoms with van der Waals surface area (Å²) in [7, 11) is 1.42. The molecule has 0 saturated carbocycles. The molecule has 124 valence electrons. The van der Waals surface area contributed by atoms with E-state index in [2.05, 4.69) is 0 Å². The number of halogens is 1. The summed E-state index contributed by atoms with van der Waals surface area (Å²) in [4.78, 5) is 17.4. The Bertz CT molecular complexity index is 563. The number of quaternary nitrogens is 1. The highest BCUT2D eigenvalue weighted by Crippen LogP contribution is 2.08. The van der Waals surface area contributed by atoms with E-state index in [1.165, 1.54) is 7.11 Å². The molecule has 4 nitrogen and oxygen atoms in total. The van der Waals surface area contributed by atoms with Crippen LogP contribution in [-0.2, 0) is 27.4 Å². The summed E-state index contributed by atoms with van der Waals surface area (Å²) in [5, 5.41) is 0. The molecular weight excluding hydrogens is 314 g/mol. The fourth-order valence-electron chi connectivity index (χ4n) is 2.24. The minimum Gasteiger partial charge on any atom is -1.00 e. The number of hydrogen-bond donors (Lipinski definition) is 1. The van der Waals surface area contributed by atoms with Crippen molar-refractivity contribution in [2.75, 3.05) is 13.7 Å². The number of carbonyl (C=O) groups is 1. The van der Waals surface area contributed by atoms with Gasteiger partial charge in [-0.15, -0.1) is 0 Å². The van der Waals surface area contributed by atoms with Crippen molar-refractivity contribution in [3.63, 3.8) is 0 Å². The number of nitrogens with two attached hydrogens (primary N) is 1. The van der Waals surface area contributed by atoms with Crippen LogP contribution < -0.4 is 17.9 Å². The molecule has 0 heterocycles. The Morgan fingerprint density at radius 2 is 1.57 bits per heavy atom. The van der Waals surface area contributed by atoms with Gasteiger partial charge in [0, 0.05) is 0 Å². The lowest BCUT2D eigenvalue weighted by Gasteiger charge is -2.13. The Morgan fingerprint density at radius 3 is 2.13 bits per heavy atom. The summed E-state index contributed by atoms with van der Waals surface area (Å²) >= 11 is 0. The van der Waals surface area contributed by atoms with E-state index in [4.69, 9.17) is 9.57 Å². The topological polar surface area (TPSA) is 52.1 Å². The molecule has 5 heteroatoms. The van der Waals surface area contributed by atoms with Crippen LogP contribution in [0.4, 0.5) is 0 Å². The van der Waals surface area contributed by atoms with Gasteiger partial charge < -0.3 is 17.1 Å². The number of rotatable bonds is 8. The van der Waals surface area contributed by atoms with E-state index in [-0.39, 0.29) is 24.3 Å². The predicted octanol–water partition coefficient (Wildman–Crippen LogP) is -1.28. The predicted molar refractivity (Wildman–Crippen MR) is 83.7 cm³/mol. The van der Waals surface area contributed by atoms with E-state index in [0.29, 0.717) is 19.6 Å². The van der Waals surface area contributed by atoms with Crippen LogP contribution in [0.1, 0.15) is 11.1 Å². The molecule has 0 unspecified atom stereocenters. The van der Waals surface area contributed by atoms with Crippen LogP contribution in [-0.4, -0.2) is 19.6 Å². The summed E-state index contributed by atoms with van der Waals surface area (Å²) in [5.41, 5.74) is 3.93. The highest BCUT2D eigenvalue weighted by atomic mass is 35.5. The SMILES string of the molecule is COC(=O)[C@H](C[NH2+]OCc1ccccc1)Cc1ccccc1.[Cl-]. The molecule has 1 atom stereocenters. The Balaban J connectivity index is 0.00000264. The van der Waals surface area contributed by atoms with Gasteiger partial charge in [0.05, 0.1) is 7.11 Å². The van der Waals surface area contributed by atoms with E-state index < -0.39 is 0 Å². The molecule has 2 aromatic carbocycles. The van der Waals surface area contributed by atoms with E-state index in [1.54, 1.807) is 5.48 Å². The minimum atomic E-state index is -0.219. The third-order valence-corrected chi connectivity index (χ3v) is 3.45. The zero-order valence-electron chi connectivity index (χ0n) is 13.2. The minimum absolute atomic E-state index is 0. The van der Waals surface area contributed by atoms with Crippen molar-refractivity contribution in [3.8, 4) is 0 Å². The van der Waals surface area contributed by atoms with Gasteiger partial charge >= 0.3 is 5.97 Å². The summed E-state index contributed by atoms with van der Waals surface area (Å²) < 4.78 is 4.89. The summed E-state index contributed by atoms with van der Waals surface area (Å²) in [6.07, 6.45) is 0.651. The van der Waals surface area contributed by atoms with Gasteiger partial charge in [0.25, 0.3) is 0 Å². The molecule has 2 N–H and O–H groups in total. The normalized spacial score (nSPS) is 11.3. The molecule has 0 aromatic heterocycles. The van der Waals surface area contributed by atoms with E-state index in [1.807, 2.05) is 60.7 Å². The maximum Gasteiger partial charge on any atom is 0.314 e. The Labute approximate surface area is 143 Å². The second kappa shape index (κ2) is 10.8. The number of methoxy groups -OCH3 is 1. The first-order valence-corrected chi connectivity index (χ1v) is 7.38. The molecule has 0 spiro atoms. The van der Waals surface area contributed by atoms with Crippen molar-refractivity contribution in [3.05, 3.63) is 71.8 Å². The molecule has 0 aliphatic heterocycles. The summed E-state index contributed by atoms with van der Waals surface area (Å²) in [6.45, 7) is 1.05. The number of ether oxygens (including phenoxy) is 1. The zero-order chi connectivity index (χ0) is 15.6. The van der Waals surface area contributed by atoms with Crippen molar-refractivity contribution in [1.82, 2.24) is 0 Å². The molecule has 0 amide bonds. The summed E-state index contributed by atoms with van der Waals surface area (Å²) in [5.74, 6) is -0.424. The van der Waals surface area contributed by atoms with Crippen LogP contribution in [0.3, 0.4) is 0 Å². The quantitative estimate of drug-likeness (QED) is 0.371. The van der Waals surface area contributed by atoms with Gasteiger partial charge in [-0.3, -0.25) is 4.79 Å².